The smallest absolute Gasteiger partial charge is 0.224 e. The standard InChI is InChI=1S/C23H27NO3/c1-16(25)19-10-13-22(27-2)20(14-19)15-23(26)24-21-11-8-18(9-12-21)17-6-4-3-5-7-17/h3-7,10,13-14,18,21H,8-9,11-12,15H2,1-2H3,(H,24,26). The lowest BCUT2D eigenvalue weighted by Gasteiger charge is -2.29. The Bertz CT molecular complexity index is 793. The van der Waals surface area contributed by atoms with E-state index in [0.29, 0.717) is 17.2 Å². The summed E-state index contributed by atoms with van der Waals surface area (Å²) in [4.78, 5) is 24.1. The zero-order chi connectivity index (χ0) is 19.2. The minimum absolute atomic E-state index is 0.0152. The number of methoxy groups -OCH3 is 1. The molecule has 0 saturated heterocycles. The van der Waals surface area contributed by atoms with Gasteiger partial charge in [0, 0.05) is 17.2 Å². The van der Waals surface area contributed by atoms with Crippen LogP contribution in [-0.2, 0) is 11.2 Å². The fraction of sp³-hybridized carbons (Fsp3) is 0.391. The largest absolute Gasteiger partial charge is 0.496 e. The number of hydrogen-bond acceptors (Lipinski definition) is 3. The molecule has 1 aliphatic carbocycles. The lowest BCUT2D eigenvalue weighted by Crippen LogP contribution is -2.38. The van der Waals surface area contributed by atoms with E-state index in [1.165, 1.54) is 12.5 Å². The van der Waals surface area contributed by atoms with Gasteiger partial charge in [0.25, 0.3) is 0 Å². The van der Waals surface area contributed by atoms with Gasteiger partial charge in [-0.25, -0.2) is 0 Å². The number of carbonyl (C=O) groups excluding carboxylic acids is 2. The molecule has 3 rings (SSSR count). The molecule has 1 N–H and O–H groups in total. The van der Waals surface area contributed by atoms with Crippen LogP contribution in [0.3, 0.4) is 0 Å². The number of nitrogens with one attached hydrogen (secondary N) is 1. The van der Waals surface area contributed by atoms with E-state index in [9.17, 15) is 9.59 Å². The third kappa shape index (κ3) is 4.97. The molecule has 4 nitrogen and oxygen atoms in total. The van der Waals surface area contributed by atoms with Gasteiger partial charge in [-0.05, 0) is 62.3 Å². The first-order chi connectivity index (χ1) is 13.1. The summed E-state index contributed by atoms with van der Waals surface area (Å²) in [5.74, 6) is 1.20. The van der Waals surface area contributed by atoms with Crippen molar-refractivity contribution in [2.45, 2.75) is 51.0 Å². The molecule has 0 spiro atoms. The first-order valence-corrected chi connectivity index (χ1v) is 9.59. The fourth-order valence-electron chi connectivity index (χ4n) is 3.88. The Morgan fingerprint density at radius 1 is 1.04 bits per heavy atom. The average Bonchev–Trinajstić information content (AvgIpc) is 2.69. The summed E-state index contributed by atoms with van der Waals surface area (Å²) in [5.41, 5.74) is 2.75. The molecule has 142 valence electrons. The number of Topliss-reactive ketones (excluding diaryl/α,β-unsaturated/α-hetero) is 1. The Hall–Kier alpha value is -2.62. The van der Waals surface area contributed by atoms with Crippen molar-refractivity contribution in [3.63, 3.8) is 0 Å². The number of ketones is 1. The summed E-state index contributed by atoms with van der Waals surface area (Å²) in [6.07, 6.45) is 4.41. The van der Waals surface area contributed by atoms with Crippen molar-refractivity contribution in [1.29, 1.82) is 0 Å². The van der Waals surface area contributed by atoms with Gasteiger partial charge in [-0.2, -0.15) is 0 Å². The summed E-state index contributed by atoms with van der Waals surface area (Å²) >= 11 is 0. The molecule has 0 atom stereocenters. The number of rotatable bonds is 6. The van der Waals surface area contributed by atoms with Gasteiger partial charge in [0.1, 0.15) is 5.75 Å². The van der Waals surface area contributed by atoms with Gasteiger partial charge in [0.15, 0.2) is 5.78 Å². The predicted octanol–water partition coefficient (Wildman–Crippen LogP) is 4.28. The van der Waals surface area contributed by atoms with E-state index in [2.05, 4.69) is 29.6 Å². The van der Waals surface area contributed by atoms with E-state index < -0.39 is 0 Å². The topological polar surface area (TPSA) is 55.4 Å². The van der Waals surface area contributed by atoms with E-state index in [1.54, 1.807) is 25.3 Å². The van der Waals surface area contributed by atoms with Gasteiger partial charge in [-0.1, -0.05) is 30.3 Å². The second-order valence-electron chi connectivity index (χ2n) is 7.29. The molecule has 0 heterocycles. The van der Waals surface area contributed by atoms with Crippen molar-refractivity contribution in [3.8, 4) is 5.75 Å². The summed E-state index contributed by atoms with van der Waals surface area (Å²) in [7, 11) is 1.58. The first kappa shape index (κ1) is 19.2. The number of carbonyl (C=O) groups is 2. The fourth-order valence-corrected chi connectivity index (χ4v) is 3.88. The van der Waals surface area contributed by atoms with Gasteiger partial charge in [0.05, 0.1) is 13.5 Å². The maximum Gasteiger partial charge on any atom is 0.224 e. The number of amides is 1. The highest BCUT2D eigenvalue weighted by Crippen LogP contribution is 2.32. The Labute approximate surface area is 160 Å². The van der Waals surface area contributed by atoms with Crippen LogP contribution in [0.1, 0.15) is 60.0 Å². The molecule has 0 aromatic heterocycles. The van der Waals surface area contributed by atoms with Crippen molar-refractivity contribution in [2.24, 2.45) is 0 Å². The van der Waals surface area contributed by atoms with Crippen LogP contribution < -0.4 is 10.1 Å². The van der Waals surface area contributed by atoms with Crippen LogP contribution in [-0.4, -0.2) is 24.8 Å². The van der Waals surface area contributed by atoms with Crippen LogP contribution in [0, 0.1) is 0 Å². The Morgan fingerprint density at radius 3 is 2.37 bits per heavy atom. The van der Waals surface area contributed by atoms with Crippen molar-refractivity contribution >= 4 is 11.7 Å². The van der Waals surface area contributed by atoms with Crippen molar-refractivity contribution < 1.29 is 14.3 Å². The molecule has 1 amide bonds. The van der Waals surface area contributed by atoms with Crippen LogP contribution in [0.2, 0.25) is 0 Å². The maximum atomic E-state index is 12.5. The van der Waals surface area contributed by atoms with E-state index in [1.807, 2.05) is 6.07 Å². The van der Waals surface area contributed by atoms with Crippen molar-refractivity contribution in [1.82, 2.24) is 5.32 Å². The van der Waals surface area contributed by atoms with E-state index in [-0.39, 0.29) is 24.2 Å². The highest BCUT2D eigenvalue weighted by Gasteiger charge is 2.23. The van der Waals surface area contributed by atoms with E-state index in [0.717, 1.165) is 31.2 Å². The number of hydrogen-bond donors (Lipinski definition) is 1. The van der Waals surface area contributed by atoms with Crippen LogP contribution in [0.5, 0.6) is 5.75 Å². The molecular weight excluding hydrogens is 338 g/mol. The molecule has 0 aliphatic heterocycles. The molecule has 27 heavy (non-hydrogen) atoms. The van der Waals surface area contributed by atoms with E-state index in [4.69, 9.17) is 4.74 Å². The third-order valence-corrected chi connectivity index (χ3v) is 5.40. The lowest BCUT2D eigenvalue weighted by atomic mass is 9.82. The molecule has 0 bridgehead atoms. The number of benzene rings is 2. The van der Waals surface area contributed by atoms with Gasteiger partial charge < -0.3 is 10.1 Å². The molecular formula is C23H27NO3. The zero-order valence-electron chi connectivity index (χ0n) is 16.0. The second-order valence-corrected chi connectivity index (χ2v) is 7.29. The molecule has 2 aromatic carbocycles. The maximum absolute atomic E-state index is 12.5. The summed E-state index contributed by atoms with van der Waals surface area (Å²) in [6.45, 7) is 1.52. The first-order valence-electron chi connectivity index (χ1n) is 9.59. The molecule has 0 unspecified atom stereocenters. The lowest BCUT2D eigenvalue weighted by molar-refractivity contribution is -0.121. The minimum atomic E-state index is -0.0165. The average molecular weight is 365 g/mol. The highest BCUT2D eigenvalue weighted by molar-refractivity contribution is 5.94. The SMILES string of the molecule is COc1ccc(C(C)=O)cc1CC(=O)NC1CCC(c2ccccc2)CC1. The summed E-state index contributed by atoms with van der Waals surface area (Å²) in [6, 6.07) is 16.1. The molecule has 1 aliphatic rings. The third-order valence-electron chi connectivity index (χ3n) is 5.40. The van der Waals surface area contributed by atoms with Gasteiger partial charge in [-0.3, -0.25) is 9.59 Å². The minimum Gasteiger partial charge on any atom is -0.496 e. The van der Waals surface area contributed by atoms with Crippen LogP contribution >= 0.6 is 0 Å². The Balaban J connectivity index is 1.56. The monoisotopic (exact) mass is 365 g/mol. The van der Waals surface area contributed by atoms with Gasteiger partial charge in [0.2, 0.25) is 5.91 Å². The highest BCUT2D eigenvalue weighted by atomic mass is 16.5. The summed E-state index contributed by atoms with van der Waals surface area (Å²) < 4.78 is 5.34. The molecule has 4 heteroatoms. The summed E-state index contributed by atoms with van der Waals surface area (Å²) in [5, 5.41) is 3.16. The normalized spacial score (nSPS) is 19.3. The molecule has 2 aromatic rings. The van der Waals surface area contributed by atoms with Crippen molar-refractivity contribution in [2.75, 3.05) is 7.11 Å². The van der Waals surface area contributed by atoms with Crippen LogP contribution in [0.25, 0.3) is 0 Å². The number of ether oxygens (including phenoxy) is 1. The Morgan fingerprint density at radius 2 is 1.74 bits per heavy atom. The second kappa shape index (κ2) is 8.85. The van der Waals surface area contributed by atoms with Crippen molar-refractivity contribution in [3.05, 3.63) is 65.2 Å². The quantitative estimate of drug-likeness (QED) is 0.777. The van der Waals surface area contributed by atoms with Crippen LogP contribution in [0.15, 0.2) is 48.5 Å². The molecule has 1 saturated carbocycles. The predicted molar refractivity (Wildman–Crippen MR) is 106 cm³/mol. The molecule has 1 fully saturated rings. The van der Waals surface area contributed by atoms with E-state index >= 15 is 0 Å². The van der Waals surface area contributed by atoms with Gasteiger partial charge >= 0.3 is 0 Å². The van der Waals surface area contributed by atoms with Crippen LogP contribution in [0.4, 0.5) is 0 Å². The molecule has 0 radical (unpaired) electrons. The Kier molecular flexibility index (Phi) is 6.28. The zero-order valence-corrected chi connectivity index (χ0v) is 16.0. The van der Waals surface area contributed by atoms with Gasteiger partial charge in [-0.15, -0.1) is 0 Å².